The number of nitrogens with zero attached hydrogens (tertiary/aromatic N) is 3. The quantitative estimate of drug-likeness (QED) is 0.588. The number of nitrogens with one attached hydrogen (secondary N) is 1. The Morgan fingerprint density at radius 2 is 1.88 bits per heavy atom. The van der Waals surface area contributed by atoms with Gasteiger partial charge in [0.1, 0.15) is 23.0 Å². The lowest BCUT2D eigenvalue weighted by Gasteiger charge is -2.39. The van der Waals surface area contributed by atoms with Crippen LogP contribution in [0.4, 0.5) is 13.2 Å². The minimum Gasteiger partial charge on any atom is -0.306 e. The predicted octanol–water partition coefficient (Wildman–Crippen LogP) is 4.86. The van der Waals surface area contributed by atoms with Crippen molar-refractivity contribution in [2.45, 2.75) is 43.8 Å². The van der Waals surface area contributed by atoms with E-state index in [9.17, 15) is 18.0 Å². The van der Waals surface area contributed by atoms with E-state index in [2.05, 4.69) is 10.3 Å². The van der Waals surface area contributed by atoms with Gasteiger partial charge in [-0.05, 0) is 67.2 Å². The van der Waals surface area contributed by atoms with Gasteiger partial charge in [0.15, 0.2) is 0 Å². The van der Waals surface area contributed by atoms with Gasteiger partial charge in [0, 0.05) is 42.3 Å². The van der Waals surface area contributed by atoms with Gasteiger partial charge in [0.05, 0.1) is 11.7 Å². The summed E-state index contributed by atoms with van der Waals surface area (Å²) in [6, 6.07) is 9.46. The Bertz CT molecular complexity index is 1340. The third-order valence-corrected chi connectivity index (χ3v) is 7.15. The molecule has 0 saturated carbocycles. The molecule has 4 heterocycles. The van der Waals surface area contributed by atoms with Crippen molar-refractivity contribution in [3.63, 3.8) is 0 Å². The number of hydrazine groups is 1. The van der Waals surface area contributed by atoms with E-state index in [0.29, 0.717) is 17.4 Å². The molecule has 1 N–H and O–H groups in total. The van der Waals surface area contributed by atoms with Crippen LogP contribution in [0.3, 0.4) is 0 Å². The zero-order valence-electron chi connectivity index (χ0n) is 18.6. The van der Waals surface area contributed by atoms with Crippen LogP contribution in [0.15, 0.2) is 59.9 Å². The maximum Gasteiger partial charge on any atom is 0.272 e. The van der Waals surface area contributed by atoms with Gasteiger partial charge in [-0.2, -0.15) is 0 Å². The molecule has 3 aromatic rings. The predicted molar refractivity (Wildman–Crippen MR) is 121 cm³/mol. The lowest BCUT2D eigenvalue weighted by Crippen LogP contribution is -2.51. The van der Waals surface area contributed by atoms with Crippen LogP contribution in [-0.2, 0) is 0 Å². The highest BCUT2D eigenvalue weighted by Gasteiger charge is 2.47. The zero-order valence-corrected chi connectivity index (χ0v) is 18.6. The van der Waals surface area contributed by atoms with Crippen molar-refractivity contribution in [1.29, 1.82) is 0 Å². The lowest BCUT2D eigenvalue weighted by atomic mass is 9.81. The molecule has 3 atom stereocenters. The van der Waals surface area contributed by atoms with E-state index >= 15 is 0 Å². The highest BCUT2D eigenvalue weighted by molar-refractivity contribution is 5.99. The van der Waals surface area contributed by atoms with Crippen LogP contribution in [0.2, 0.25) is 0 Å². The fourth-order valence-electron chi connectivity index (χ4n) is 5.83. The van der Waals surface area contributed by atoms with E-state index in [1.165, 1.54) is 24.4 Å². The molecular weight excluding hydrogens is 441 g/mol. The van der Waals surface area contributed by atoms with E-state index in [0.717, 1.165) is 36.6 Å². The molecule has 8 heteroatoms. The first-order valence-electron chi connectivity index (χ1n) is 11.5. The molecule has 1 amide bonds. The van der Waals surface area contributed by atoms with Gasteiger partial charge < -0.3 is 5.32 Å². The number of carbonyl (C=O) groups is 1. The van der Waals surface area contributed by atoms with Crippen molar-refractivity contribution in [1.82, 2.24) is 20.3 Å². The Labute approximate surface area is 194 Å². The van der Waals surface area contributed by atoms with Gasteiger partial charge in [-0.25, -0.2) is 23.2 Å². The van der Waals surface area contributed by atoms with Crippen molar-refractivity contribution in [3.8, 4) is 0 Å². The second-order valence-corrected chi connectivity index (χ2v) is 9.29. The van der Waals surface area contributed by atoms with Gasteiger partial charge in [-0.1, -0.05) is 6.07 Å². The first-order valence-corrected chi connectivity index (χ1v) is 11.5. The van der Waals surface area contributed by atoms with Crippen LogP contribution >= 0.6 is 0 Å². The number of likely N-dealkylation sites (N-methyl/N-ethyl adjacent to an activating group) is 1. The standard InChI is InChI=1S/C26H23F3N4O/c1-32-24(15-9-17(27)12-18(28)10-15)20-13-19-5-2-6-22(31-19)25(20)33(32)26(34)16-8-14-4-3-7-30-23(14)21(29)11-16/h3-4,7-12,19,22,24,31H,2,5-6,13H2,1H3/t19-,22+,24?/m1/s1. The minimum atomic E-state index is -0.659. The van der Waals surface area contributed by atoms with Gasteiger partial charge in [0.2, 0.25) is 0 Å². The summed E-state index contributed by atoms with van der Waals surface area (Å²) in [4.78, 5) is 17.9. The number of fused-ring (bicyclic) bond motifs is 4. The summed E-state index contributed by atoms with van der Waals surface area (Å²) >= 11 is 0. The van der Waals surface area contributed by atoms with Crippen LogP contribution in [0.25, 0.3) is 10.9 Å². The summed E-state index contributed by atoms with van der Waals surface area (Å²) in [7, 11) is 1.74. The summed E-state index contributed by atoms with van der Waals surface area (Å²) in [6.07, 6.45) is 5.08. The Kier molecular flexibility index (Phi) is 4.97. The number of piperidine rings is 1. The third-order valence-electron chi connectivity index (χ3n) is 7.15. The molecule has 2 bridgehead atoms. The Hall–Kier alpha value is -3.23. The average Bonchev–Trinajstić information content (AvgIpc) is 3.10. The van der Waals surface area contributed by atoms with E-state index in [1.807, 2.05) is 0 Å². The fourth-order valence-corrected chi connectivity index (χ4v) is 5.83. The monoisotopic (exact) mass is 464 g/mol. The lowest BCUT2D eigenvalue weighted by molar-refractivity contribution is 0.0209. The Morgan fingerprint density at radius 1 is 1.09 bits per heavy atom. The molecule has 0 radical (unpaired) electrons. The summed E-state index contributed by atoms with van der Waals surface area (Å²) in [5.41, 5.74) is 2.65. The SMILES string of the molecule is CN1C(c2cc(F)cc(F)c2)C2=C([C@@H]3CCC[C@H](C2)N3)N1C(=O)c1cc(F)c2ncccc2c1. The highest BCUT2D eigenvalue weighted by Crippen LogP contribution is 2.47. The molecule has 2 aromatic carbocycles. The number of pyridine rings is 1. The number of carbonyl (C=O) groups excluding carboxylic acids is 1. The van der Waals surface area contributed by atoms with Gasteiger partial charge in [0.25, 0.3) is 5.91 Å². The Morgan fingerprint density at radius 3 is 2.68 bits per heavy atom. The van der Waals surface area contributed by atoms with Crippen molar-refractivity contribution < 1.29 is 18.0 Å². The molecule has 0 spiro atoms. The Balaban J connectivity index is 1.48. The maximum absolute atomic E-state index is 14.8. The molecular formula is C26H23F3N4O. The van der Waals surface area contributed by atoms with E-state index in [-0.39, 0.29) is 29.1 Å². The molecule has 3 aliphatic heterocycles. The number of halogens is 3. The summed E-state index contributed by atoms with van der Waals surface area (Å²) in [5, 5.41) is 7.44. The number of rotatable bonds is 2. The molecule has 1 aromatic heterocycles. The molecule has 1 unspecified atom stereocenters. The largest absolute Gasteiger partial charge is 0.306 e. The number of benzene rings is 2. The zero-order chi connectivity index (χ0) is 23.6. The van der Waals surface area contributed by atoms with Gasteiger partial charge >= 0.3 is 0 Å². The number of hydrogen-bond acceptors (Lipinski definition) is 4. The molecule has 5 nitrogen and oxygen atoms in total. The summed E-state index contributed by atoms with van der Waals surface area (Å²) in [6.45, 7) is 0. The first-order chi connectivity index (χ1) is 16.4. The van der Waals surface area contributed by atoms with Gasteiger partial charge in [-0.15, -0.1) is 0 Å². The molecule has 3 aliphatic rings. The number of amides is 1. The molecule has 1 saturated heterocycles. The number of aromatic nitrogens is 1. The maximum atomic E-state index is 14.8. The van der Waals surface area contributed by atoms with Crippen LogP contribution in [0.5, 0.6) is 0 Å². The topological polar surface area (TPSA) is 48.5 Å². The molecule has 1 fully saturated rings. The van der Waals surface area contributed by atoms with Crippen LogP contribution in [0.1, 0.15) is 47.6 Å². The molecule has 0 aliphatic carbocycles. The third kappa shape index (κ3) is 3.32. The number of hydrogen-bond donors (Lipinski definition) is 1. The molecule has 6 rings (SSSR count). The molecule has 174 valence electrons. The van der Waals surface area contributed by atoms with Crippen molar-refractivity contribution >= 4 is 16.8 Å². The first kappa shape index (κ1) is 21.3. The average molecular weight is 464 g/mol. The van der Waals surface area contributed by atoms with Crippen LogP contribution in [-0.4, -0.2) is 40.0 Å². The molecule has 34 heavy (non-hydrogen) atoms. The van der Waals surface area contributed by atoms with Crippen molar-refractivity contribution in [3.05, 3.63) is 88.5 Å². The fraction of sp³-hybridized carbons (Fsp3) is 0.308. The normalized spacial score (nSPS) is 24.6. The minimum absolute atomic E-state index is 0.0516. The van der Waals surface area contributed by atoms with Gasteiger partial charge in [-0.3, -0.25) is 9.78 Å². The van der Waals surface area contributed by atoms with Crippen LogP contribution < -0.4 is 5.32 Å². The van der Waals surface area contributed by atoms with Crippen molar-refractivity contribution in [2.24, 2.45) is 0 Å². The smallest absolute Gasteiger partial charge is 0.272 e. The second-order valence-electron chi connectivity index (χ2n) is 9.29. The van der Waals surface area contributed by atoms with E-state index in [1.54, 1.807) is 35.3 Å². The summed E-state index contributed by atoms with van der Waals surface area (Å²) in [5.74, 6) is -2.27. The van der Waals surface area contributed by atoms with Crippen molar-refractivity contribution in [2.75, 3.05) is 7.05 Å². The highest BCUT2D eigenvalue weighted by atomic mass is 19.1. The summed E-state index contributed by atoms with van der Waals surface area (Å²) < 4.78 is 43.1. The van der Waals surface area contributed by atoms with E-state index < -0.39 is 23.5 Å². The van der Waals surface area contributed by atoms with E-state index in [4.69, 9.17) is 0 Å². The second kappa shape index (κ2) is 7.92. The van der Waals surface area contributed by atoms with Crippen LogP contribution in [0, 0.1) is 17.5 Å².